The molecule has 5 rings (SSSR count). The van der Waals surface area contributed by atoms with Gasteiger partial charge in [-0.1, -0.05) is 78.5 Å². The Hall–Kier alpha value is -4.03. The van der Waals surface area contributed by atoms with Crippen molar-refractivity contribution in [2.24, 2.45) is 0 Å². The number of benzene rings is 4. The van der Waals surface area contributed by atoms with Gasteiger partial charge in [-0.05, 0) is 52.1 Å². The van der Waals surface area contributed by atoms with Gasteiger partial charge < -0.3 is 14.8 Å². The van der Waals surface area contributed by atoms with Crippen LogP contribution in [0.25, 0.3) is 11.1 Å². The van der Waals surface area contributed by atoms with Gasteiger partial charge >= 0.3 is 6.09 Å². The number of fused-ring (bicyclic) bond motifs is 3. The van der Waals surface area contributed by atoms with E-state index in [0.29, 0.717) is 11.3 Å². The molecule has 0 saturated heterocycles. The number of rotatable bonds is 8. The van der Waals surface area contributed by atoms with E-state index in [4.69, 9.17) is 9.47 Å². The Labute approximate surface area is 214 Å². The number of alkyl carbamates (subject to hydrolysis) is 1. The van der Waals surface area contributed by atoms with Crippen LogP contribution in [0, 0.1) is 0 Å². The van der Waals surface area contributed by atoms with Crippen molar-refractivity contribution in [3.8, 4) is 16.9 Å². The molecule has 0 radical (unpaired) electrons. The summed E-state index contributed by atoms with van der Waals surface area (Å²) in [6.45, 7) is 0.520. The third-order valence-corrected chi connectivity index (χ3v) is 7.51. The van der Waals surface area contributed by atoms with Gasteiger partial charge in [0.2, 0.25) is 0 Å². The molecule has 4 aromatic rings. The van der Waals surface area contributed by atoms with Crippen molar-refractivity contribution in [1.82, 2.24) is 5.32 Å². The molecule has 1 aliphatic carbocycles. The van der Waals surface area contributed by atoms with Crippen LogP contribution in [0.15, 0.2) is 101 Å². The first kappa shape index (κ1) is 23.7. The first-order chi connectivity index (χ1) is 17.7. The highest BCUT2D eigenvalue weighted by Gasteiger charge is 2.29. The van der Waals surface area contributed by atoms with E-state index >= 15 is 0 Å². The van der Waals surface area contributed by atoms with Gasteiger partial charge in [0.1, 0.15) is 12.4 Å². The zero-order chi connectivity index (χ0) is 24.9. The van der Waals surface area contributed by atoms with Gasteiger partial charge in [-0.3, -0.25) is 4.79 Å². The minimum atomic E-state index is -0.482. The Morgan fingerprint density at radius 2 is 1.56 bits per heavy atom. The molecular formula is C30H25NO4S. The van der Waals surface area contributed by atoms with Crippen LogP contribution in [0.3, 0.4) is 0 Å². The molecule has 1 aliphatic rings. The normalized spacial score (nSPS) is 11.9. The number of hydrogen-bond acceptors (Lipinski definition) is 5. The Balaban J connectivity index is 1.27. The van der Waals surface area contributed by atoms with Crippen molar-refractivity contribution < 1.29 is 19.1 Å². The van der Waals surface area contributed by atoms with Crippen molar-refractivity contribution in [2.75, 3.05) is 13.7 Å². The van der Waals surface area contributed by atoms with Gasteiger partial charge in [0.25, 0.3) is 0 Å². The molecule has 1 amide bonds. The molecule has 0 aromatic heterocycles. The number of carbonyl (C=O) groups excluding carboxylic acids is 2. The second-order valence-corrected chi connectivity index (χ2v) is 9.49. The quantitative estimate of drug-likeness (QED) is 0.276. The average molecular weight is 496 g/mol. The highest BCUT2D eigenvalue weighted by molar-refractivity contribution is 7.99. The number of amides is 1. The molecule has 180 valence electrons. The maximum atomic E-state index is 12.7. The predicted octanol–water partition coefficient (Wildman–Crippen LogP) is 6.70. The lowest BCUT2D eigenvalue weighted by Crippen LogP contribution is -2.26. The number of aldehydes is 1. The van der Waals surface area contributed by atoms with Crippen molar-refractivity contribution in [3.63, 3.8) is 0 Å². The molecule has 0 bridgehead atoms. The molecule has 4 aromatic carbocycles. The monoisotopic (exact) mass is 495 g/mol. The van der Waals surface area contributed by atoms with Gasteiger partial charge in [-0.25, -0.2) is 4.79 Å². The fourth-order valence-corrected chi connectivity index (χ4v) is 5.54. The smallest absolute Gasteiger partial charge is 0.407 e. The summed E-state index contributed by atoms with van der Waals surface area (Å²) in [7, 11) is 1.60. The van der Waals surface area contributed by atoms with Gasteiger partial charge in [0.15, 0.2) is 6.29 Å². The Bertz CT molecular complexity index is 1370. The second-order valence-electron chi connectivity index (χ2n) is 8.41. The Kier molecular flexibility index (Phi) is 7.05. The zero-order valence-corrected chi connectivity index (χ0v) is 20.6. The summed E-state index contributed by atoms with van der Waals surface area (Å²) in [5.74, 6) is 0.693. The topological polar surface area (TPSA) is 64.6 Å². The first-order valence-corrected chi connectivity index (χ1v) is 12.5. The lowest BCUT2D eigenvalue weighted by molar-refractivity contribution is 0.112. The molecule has 0 heterocycles. The summed E-state index contributed by atoms with van der Waals surface area (Å²) in [6, 6.07) is 29.6. The average Bonchev–Trinajstić information content (AvgIpc) is 3.25. The summed E-state index contributed by atoms with van der Waals surface area (Å²) in [5, 5.41) is 2.88. The van der Waals surface area contributed by atoms with Crippen LogP contribution in [0.2, 0.25) is 0 Å². The highest BCUT2D eigenvalue weighted by atomic mass is 32.2. The summed E-state index contributed by atoms with van der Waals surface area (Å²) in [6.07, 6.45) is 0.365. The molecular weight excluding hydrogens is 470 g/mol. The second kappa shape index (κ2) is 10.7. The summed E-state index contributed by atoms with van der Waals surface area (Å²) >= 11 is 1.48. The van der Waals surface area contributed by atoms with Crippen LogP contribution in [0.4, 0.5) is 4.79 Å². The molecule has 0 spiro atoms. The minimum Gasteiger partial charge on any atom is -0.497 e. The zero-order valence-electron chi connectivity index (χ0n) is 19.8. The fraction of sp³-hybridized carbons (Fsp3) is 0.133. The molecule has 0 fully saturated rings. The van der Waals surface area contributed by atoms with Crippen molar-refractivity contribution in [1.29, 1.82) is 0 Å². The number of methoxy groups -OCH3 is 1. The van der Waals surface area contributed by atoms with Gasteiger partial charge in [0.05, 0.1) is 7.11 Å². The summed E-state index contributed by atoms with van der Waals surface area (Å²) < 4.78 is 11.1. The number of ether oxygens (including phenoxy) is 2. The van der Waals surface area contributed by atoms with Gasteiger partial charge in [-0.2, -0.15) is 0 Å². The Morgan fingerprint density at radius 1 is 0.889 bits per heavy atom. The van der Waals surface area contributed by atoms with E-state index in [-0.39, 0.29) is 19.1 Å². The molecule has 5 nitrogen and oxygen atoms in total. The van der Waals surface area contributed by atoms with Crippen LogP contribution >= 0.6 is 11.8 Å². The van der Waals surface area contributed by atoms with E-state index in [1.165, 1.54) is 34.0 Å². The summed E-state index contributed by atoms with van der Waals surface area (Å²) in [5.41, 5.74) is 6.22. The standard InChI is InChI=1S/C30H25NO4S/c1-34-22-14-15-29(36-28-13-7-2-8-20(28)18-32)21(16-22)17-31-30(33)35-19-27-25-11-5-3-9-23(25)24-10-4-6-12-26(24)27/h2-16,18,27H,17,19H2,1H3,(H,31,33). The highest BCUT2D eigenvalue weighted by Crippen LogP contribution is 2.44. The molecule has 0 atom stereocenters. The van der Waals surface area contributed by atoms with E-state index < -0.39 is 6.09 Å². The largest absolute Gasteiger partial charge is 0.497 e. The van der Waals surface area contributed by atoms with Crippen molar-refractivity contribution in [3.05, 3.63) is 113 Å². The van der Waals surface area contributed by atoms with Crippen LogP contribution in [-0.2, 0) is 11.3 Å². The molecule has 0 saturated carbocycles. The number of hydrogen-bond donors (Lipinski definition) is 1. The number of nitrogens with one attached hydrogen (secondary N) is 1. The minimum absolute atomic E-state index is 0.00549. The molecule has 1 N–H and O–H groups in total. The van der Waals surface area contributed by atoms with Crippen molar-refractivity contribution in [2.45, 2.75) is 22.3 Å². The Morgan fingerprint density at radius 3 is 2.25 bits per heavy atom. The SMILES string of the molecule is COc1ccc(Sc2ccccc2C=O)c(CNC(=O)OCC2c3ccccc3-c3ccccc32)c1. The first-order valence-electron chi connectivity index (χ1n) is 11.7. The maximum absolute atomic E-state index is 12.7. The summed E-state index contributed by atoms with van der Waals surface area (Å²) in [4.78, 5) is 25.9. The third kappa shape index (κ3) is 4.86. The molecule has 0 aliphatic heterocycles. The van der Waals surface area contributed by atoms with Crippen LogP contribution in [0.5, 0.6) is 5.75 Å². The molecule has 0 unspecified atom stereocenters. The van der Waals surface area contributed by atoms with Crippen LogP contribution in [0.1, 0.15) is 33.0 Å². The van der Waals surface area contributed by atoms with E-state index in [0.717, 1.165) is 21.6 Å². The van der Waals surface area contributed by atoms with Gasteiger partial charge in [-0.15, -0.1) is 0 Å². The van der Waals surface area contributed by atoms with E-state index in [1.807, 2.05) is 60.7 Å². The van der Waals surface area contributed by atoms with Crippen molar-refractivity contribution >= 4 is 24.1 Å². The van der Waals surface area contributed by atoms with Gasteiger partial charge in [0, 0.05) is 27.8 Å². The fourth-order valence-electron chi connectivity index (χ4n) is 4.53. The lowest BCUT2D eigenvalue weighted by Gasteiger charge is -2.16. The molecule has 36 heavy (non-hydrogen) atoms. The maximum Gasteiger partial charge on any atom is 0.407 e. The van der Waals surface area contributed by atoms with Crippen LogP contribution < -0.4 is 10.1 Å². The molecule has 6 heteroatoms. The third-order valence-electron chi connectivity index (χ3n) is 6.30. The lowest BCUT2D eigenvalue weighted by atomic mass is 9.98. The van der Waals surface area contributed by atoms with Crippen LogP contribution in [-0.4, -0.2) is 26.1 Å². The van der Waals surface area contributed by atoms with E-state index in [2.05, 4.69) is 29.6 Å². The number of carbonyl (C=O) groups is 2. The van der Waals surface area contributed by atoms with E-state index in [9.17, 15) is 9.59 Å². The predicted molar refractivity (Wildman–Crippen MR) is 141 cm³/mol. The van der Waals surface area contributed by atoms with E-state index in [1.54, 1.807) is 13.2 Å².